The molecular weight excluding hydrogens is 346 g/mol. The number of hydrogen-bond acceptors (Lipinski definition) is 3. The summed E-state index contributed by atoms with van der Waals surface area (Å²) in [6.45, 7) is 4.56. The Kier molecular flexibility index (Phi) is 4.62. The third kappa shape index (κ3) is 3.43. The molecule has 0 atom stereocenters. The van der Waals surface area contributed by atoms with Gasteiger partial charge in [-0.3, -0.25) is 9.69 Å². The first-order chi connectivity index (χ1) is 12.6. The van der Waals surface area contributed by atoms with E-state index in [1.54, 1.807) is 12.1 Å². The molecule has 0 aliphatic carbocycles. The SMILES string of the molecule is Cc1ccccc1CN1CCc2c(nc(-c3ccc(Cl)cc3)[nH]c2=O)C1. The lowest BCUT2D eigenvalue weighted by atomic mass is 10.0. The van der Waals surface area contributed by atoms with Crippen LogP contribution < -0.4 is 5.56 Å². The lowest BCUT2D eigenvalue weighted by Gasteiger charge is -2.28. The van der Waals surface area contributed by atoms with Crippen LogP contribution in [0.5, 0.6) is 0 Å². The van der Waals surface area contributed by atoms with Crippen molar-refractivity contribution in [1.29, 1.82) is 0 Å². The van der Waals surface area contributed by atoms with Gasteiger partial charge >= 0.3 is 0 Å². The fourth-order valence-electron chi connectivity index (χ4n) is 3.40. The molecule has 1 aliphatic rings. The molecule has 0 saturated carbocycles. The molecule has 0 fully saturated rings. The van der Waals surface area contributed by atoms with Crippen LogP contribution in [0.4, 0.5) is 0 Å². The Morgan fingerprint density at radius 3 is 2.69 bits per heavy atom. The first-order valence-corrected chi connectivity index (χ1v) is 9.13. The van der Waals surface area contributed by atoms with Gasteiger partial charge in [-0.15, -0.1) is 0 Å². The minimum Gasteiger partial charge on any atom is -0.306 e. The Balaban J connectivity index is 1.62. The maximum Gasteiger partial charge on any atom is 0.254 e. The van der Waals surface area contributed by atoms with E-state index in [2.05, 4.69) is 41.1 Å². The van der Waals surface area contributed by atoms with E-state index in [1.807, 2.05) is 12.1 Å². The number of aromatic amines is 1. The molecule has 4 rings (SSSR count). The molecule has 2 aromatic carbocycles. The van der Waals surface area contributed by atoms with Crippen molar-refractivity contribution in [3.63, 3.8) is 0 Å². The number of fused-ring (bicyclic) bond motifs is 1. The molecular formula is C21H20ClN3O. The van der Waals surface area contributed by atoms with Crippen LogP contribution in [0.15, 0.2) is 53.3 Å². The van der Waals surface area contributed by atoms with Gasteiger partial charge in [0.2, 0.25) is 0 Å². The maximum absolute atomic E-state index is 12.5. The van der Waals surface area contributed by atoms with Crippen molar-refractivity contribution in [3.8, 4) is 11.4 Å². The van der Waals surface area contributed by atoms with Crippen LogP contribution in [0.2, 0.25) is 5.02 Å². The van der Waals surface area contributed by atoms with Crippen LogP contribution in [0.1, 0.15) is 22.4 Å². The Morgan fingerprint density at radius 2 is 1.92 bits per heavy atom. The van der Waals surface area contributed by atoms with E-state index in [9.17, 15) is 4.79 Å². The van der Waals surface area contributed by atoms with Crippen molar-refractivity contribution in [1.82, 2.24) is 14.9 Å². The first kappa shape index (κ1) is 17.0. The zero-order valence-electron chi connectivity index (χ0n) is 14.6. The molecule has 132 valence electrons. The Hall–Kier alpha value is -2.43. The van der Waals surface area contributed by atoms with Crippen LogP contribution >= 0.6 is 11.6 Å². The molecule has 1 aliphatic heterocycles. The molecule has 0 radical (unpaired) electrons. The quantitative estimate of drug-likeness (QED) is 0.764. The Bertz CT molecular complexity index is 995. The summed E-state index contributed by atoms with van der Waals surface area (Å²) in [4.78, 5) is 22.5. The number of rotatable bonds is 3. The number of nitrogens with one attached hydrogen (secondary N) is 1. The summed E-state index contributed by atoms with van der Waals surface area (Å²) < 4.78 is 0. The van der Waals surface area contributed by atoms with Gasteiger partial charge in [0.05, 0.1) is 5.69 Å². The molecule has 3 aromatic rings. The van der Waals surface area contributed by atoms with Crippen molar-refractivity contribution < 1.29 is 0 Å². The van der Waals surface area contributed by atoms with Gasteiger partial charge in [0.1, 0.15) is 5.82 Å². The summed E-state index contributed by atoms with van der Waals surface area (Å²) in [5, 5.41) is 0.665. The van der Waals surface area contributed by atoms with E-state index in [0.717, 1.165) is 36.3 Å². The standard InChI is InChI=1S/C21H20ClN3O/c1-14-4-2-3-5-16(14)12-25-11-10-18-19(13-25)23-20(24-21(18)26)15-6-8-17(22)9-7-15/h2-9H,10-13H2,1H3,(H,23,24,26). The molecule has 0 bridgehead atoms. The predicted molar refractivity (Wildman–Crippen MR) is 104 cm³/mol. The number of H-pyrrole nitrogens is 1. The van der Waals surface area contributed by atoms with Gasteiger partial charge in [0, 0.05) is 35.8 Å². The van der Waals surface area contributed by atoms with Crippen molar-refractivity contribution in [2.45, 2.75) is 26.4 Å². The number of halogens is 1. The highest BCUT2D eigenvalue weighted by molar-refractivity contribution is 6.30. The maximum atomic E-state index is 12.5. The lowest BCUT2D eigenvalue weighted by Crippen LogP contribution is -2.35. The van der Waals surface area contributed by atoms with Gasteiger partial charge in [-0.2, -0.15) is 0 Å². The molecule has 0 spiro atoms. The van der Waals surface area contributed by atoms with E-state index in [-0.39, 0.29) is 5.56 Å². The van der Waals surface area contributed by atoms with E-state index in [0.29, 0.717) is 17.4 Å². The molecule has 0 unspecified atom stereocenters. The predicted octanol–water partition coefficient (Wildman–Crippen LogP) is 3.96. The van der Waals surface area contributed by atoms with Crippen molar-refractivity contribution in [3.05, 3.63) is 86.3 Å². The highest BCUT2D eigenvalue weighted by Crippen LogP contribution is 2.22. The highest BCUT2D eigenvalue weighted by atomic mass is 35.5. The van der Waals surface area contributed by atoms with Gasteiger partial charge in [-0.05, 0) is 48.7 Å². The number of benzene rings is 2. The van der Waals surface area contributed by atoms with Crippen LogP contribution in [-0.4, -0.2) is 21.4 Å². The number of aromatic nitrogens is 2. The molecule has 5 heteroatoms. The molecule has 2 heterocycles. The average Bonchev–Trinajstić information content (AvgIpc) is 2.64. The number of aryl methyl sites for hydroxylation is 1. The van der Waals surface area contributed by atoms with Gasteiger partial charge in [0.15, 0.2) is 0 Å². The van der Waals surface area contributed by atoms with Gasteiger partial charge < -0.3 is 4.98 Å². The van der Waals surface area contributed by atoms with Gasteiger partial charge in [-0.1, -0.05) is 35.9 Å². The molecule has 4 nitrogen and oxygen atoms in total. The van der Waals surface area contributed by atoms with E-state index in [1.165, 1.54) is 11.1 Å². The van der Waals surface area contributed by atoms with Crippen LogP contribution in [0.3, 0.4) is 0 Å². The summed E-state index contributed by atoms with van der Waals surface area (Å²) in [6.07, 6.45) is 0.727. The second kappa shape index (κ2) is 7.06. The van der Waals surface area contributed by atoms with Gasteiger partial charge in [0.25, 0.3) is 5.56 Å². The van der Waals surface area contributed by atoms with E-state index in [4.69, 9.17) is 16.6 Å². The van der Waals surface area contributed by atoms with Gasteiger partial charge in [-0.25, -0.2) is 4.98 Å². The van der Waals surface area contributed by atoms with Crippen LogP contribution in [0, 0.1) is 6.92 Å². The van der Waals surface area contributed by atoms with Crippen molar-refractivity contribution in [2.24, 2.45) is 0 Å². The van der Waals surface area contributed by atoms with E-state index >= 15 is 0 Å². The molecule has 26 heavy (non-hydrogen) atoms. The summed E-state index contributed by atoms with van der Waals surface area (Å²) >= 11 is 5.96. The molecule has 0 saturated heterocycles. The number of hydrogen-bond donors (Lipinski definition) is 1. The minimum atomic E-state index is -0.0320. The number of nitrogens with zero attached hydrogens (tertiary/aromatic N) is 2. The third-order valence-corrected chi connectivity index (χ3v) is 5.18. The molecule has 1 N–H and O–H groups in total. The van der Waals surface area contributed by atoms with Crippen LogP contribution in [0.25, 0.3) is 11.4 Å². The largest absolute Gasteiger partial charge is 0.306 e. The summed E-state index contributed by atoms with van der Waals surface area (Å²) in [5.41, 5.74) is 5.13. The zero-order valence-corrected chi connectivity index (χ0v) is 15.4. The topological polar surface area (TPSA) is 49.0 Å². The first-order valence-electron chi connectivity index (χ1n) is 8.75. The zero-order chi connectivity index (χ0) is 18.1. The average molecular weight is 366 g/mol. The smallest absolute Gasteiger partial charge is 0.254 e. The fraction of sp³-hybridized carbons (Fsp3) is 0.238. The molecule has 0 amide bonds. The van der Waals surface area contributed by atoms with Crippen molar-refractivity contribution in [2.75, 3.05) is 6.54 Å². The third-order valence-electron chi connectivity index (χ3n) is 4.93. The highest BCUT2D eigenvalue weighted by Gasteiger charge is 2.21. The van der Waals surface area contributed by atoms with Crippen LogP contribution in [-0.2, 0) is 19.5 Å². The second-order valence-corrected chi connectivity index (χ2v) is 7.17. The fourth-order valence-corrected chi connectivity index (χ4v) is 3.53. The normalized spacial score (nSPS) is 14.2. The second-order valence-electron chi connectivity index (χ2n) is 6.73. The summed E-state index contributed by atoms with van der Waals surface area (Å²) in [5.74, 6) is 0.600. The van der Waals surface area contributed by atoms with E-state index < -0.39 is 0 Å². The Morgan fingerprint density at radius 1 is 1.15 bits per heavy atom. The summed E-state index contributed by atoms with van der Waals surface area (Å²) in [6, 6.07) is 15.8. The molecule has 1 aromatic heterocycles. The monoisotopic (exact) mass is 365 g/mol. The lowest BCUT2D eigenvalue weighted by molar-refractivity contribution is 0.240. The van der Waals surface area contributed by atoms with Crippen molar-refractivity contribution >= 4 is 11.6 Å². The minimum absolute atomic E-state index is 0.0320. The Labute approximate surface area is 157 Å². The summed E-state index contributed by atoms with van der Waals surface area (Å²) in [7, 11) is 0.